The molecule has 5 heteroatoms. The number of ether oxygens (including phenoxy) is 1. The van der Waals surface area contributed by atoms with E-state index in [9.17, 15) is 14.9 Å². The van der Waals surface area contributed by atoms with Crippen LogP contribution in [-0.2, 0) is 9.53 Å². The molecule has 26 heavy (non-hydrogen) atoms. The van der Waals surface area contributed by atoms with E-state index in [1.165, 1.54) is 0 Å². The predicted octanol–water partition coefficient (Wildman–Crippen LogP) is 4.09. The lowest BCUT2D eigenvalue weighted by Crippen LogP contribution is -2.39. The number of esters is 1. The van der Waals surface area contributed by atoms with Gasteiger partial charge in [-0.25, -0.2) is 4.79 Å². The molecule has 0 spiro atoms. The molecule has 2 aromatic rings. The molecule has 0 amide bonds. The van der Waals surface area contributed by atoms with Gasteiger partial charge in [-0.3, -0.25) is 10.1 Å². The normalized spacial score (nSPS) is 22.3. The average molecular weight is 351 g/mol. The van der Waals surface area contributed by atoms with E-state index in [1.807, 2.05) is 66.7 Å². The summed E-state index contributed by atoms with van der Waals surface area (Å²) >= 11 is 0. The van der Waals surface area contributed by atoms with Crippen LogP contribution in [0.1, 0.15) is 36.3 Å². The van der Waals surface area contributed by atoms with Crippen molar-refractivity contribution in [2.24, 2.45) is 0 Å². The highest BCUT2D eigenvalue weighted by atomic mass is 16.6. The zero-order valence-electron chi connectivity index (χ0n) is 14.6. The first-order chi connectivity index (χ1) is 12.6. The fourth-order valence-electron chi connectivity index (χ4n) is 3.70. The molecule has 5 nitrogen and oxygen atoms in total. The number of allylic oxidation sites excluding steroid dienone is 1. The van der Waals surface area contributed by atoms with E-state index >= 15 is 0 Å². The molecule has 0 fully saturated rings. The number of nitro groups is 1. The first kappa shape index (κ1) is 17.9. The van der Waals surface area contributed by atoms with Crippen molar-refractivity contribution in [2.45, 2.75) is 31.2 Å². The molecule has 2 aromatic carbocycles. The van der Waals surface area contributed by atoms with Crippen molar-refractivity contribution in [3.63, 3.8) is 0 Å². The summed E-state index contributed by atoms with van der Waals surface area (Å²) < 4.78 is 5.17. The Labute approximate surface area is 152 Å². The van der Waals surface area contributed by atoms with Crippen molar-refractivity contribution in [1.82, 2.24) is 0 Å². The Morgan fingerprint density at radius 2 is 1.65 bits per heavy atom. The Morgan fingerprint density at radius 3 is 2.19 bits per heavy atom. The smallest absolute Gasteiger partial charge is 0.334 e. The highest BCUT2D eigenvalue weighted by Gasteiger charge is 2.47. The van der Waals surface area contributed by atoms with E-state index in [0.29, 0.717) is 12.0 Å². The van der Waals surface area contributed by atoms with Gasteiger partial charge in [0.2, 0.25) is 6.04 Å². The summed E-state index contributed by atoms with van der Waals surface area (Å²) in [4.78, 5) is 24.3. The Bertz CT molecular complexity index is 801. The van der Waals surface area contributed by atoms with E-state index in [4.69, 9.17) is 4.74 Å². The molecule has 0 heterocycles. The van der Waals surface area contributed by atoms with Crippen LogP contribution in [0.4, 0.5) is 0 Å². The molecule has 0 radical (unpaired) electrons. The molecule has 1 aliphatic carbocycles. The number of benzene rings is 2. The number of nitrogens with zero attached hydrogens (tertiary/aromatic N) is 1. The van der Waals surface area contributed by atoms with Crippen LogP contribution in [0.5, 0.6) is 0 Å². The van der Waals surface area contributed by atoms with Crippen LogP contribution >= 0.6 is 0 Å². The van der Waals surface area contributed by atoms with Gasteiger partial charge < -0.3 is 4.74 Å². The number of carbonyl (C=O) groups is 1. The Morgan fingerprint density at radius 1 is 1.08 bits per heavy atom. The molecule has 0 N–H and O–H groups in total. The SMILES string of the molecule is CCOC(=O)C1=CC[C@@H](c2ccccc2)[C@@H]([N+](=O)[O-])[C@H]1c1ccccc1. The molecule has 0 aliphatic heterocycles. The molecule has 0 bridgehead atoms. The Kier molecular flexibility index (Phi) is 5.46. The summed E-state index contributed by atoms with van der Waals surface area (Å²) in [5.41, 5.74) is 2.05. The summed E-state index contributed by atoms with van der Waals surface area (Å²) in [6.07, 6.45) is 2.25. The standard InChI is InChI=1S/C21H21NO4/c1-2-26-21(23)18-14-13-17(15-9-5-3-6-10-15)20(22(24)25)19(18)16-11-7-4-8-12-16/h3-12,14,17,19-20H,2,13H2,1H3/t17-,19-,20+/m0/s1. The van der Waals surface area contributed by atoms with E-state index in [-0.39, 0.29) is 17.4 Å². The monoisotopic (exact) mass is 351 g/mol. The van der Waals surface area contributed by atoms with Crippen LogP contribution in [-0.4, -0.2) is 23.5 Å². The van der Waals surface area contributed by atoms with Gasteiger partial charge in [-0.2, -0.15) is 0 Å². The lowest BCUT2D eigenvalue weighted by atomic mass is 9.71. The molecule has 3 atom stereocenters. The predicted molar refractivity (Wildman–Crippen MR) is 98.5 cm³/mol. The quantitative estimate of drug-likeness (QED) is 0.462. The van der Waals surface area contributed by atoms with E-state index < -0.39 is 17.9 Å². The molecule has 1 aliphatic rings. The number of carbonyl (C=O) groups excluding carboxylic acids is 1. The molecule has 134 valence electrons. The molecule has 0 aromatic heterocycles. The Hall–Kier alpha value is -2.95. The van der Waals surface area contributed by atoms with Gasteiger partial charge in [-0.15, -0.1) is 0 Å². The third kappa shape index (κ3) is 3.52. The lowest BCUT2D eigenvalue weighted by molar-refractivity contribution is -0.530. The first-order valence-electron chi connectivity index (χ1n) is 8.74. The van der Waals surface area contributed by atoms with Crippen molar-refractivity contribution in [3.8, 4) is 0 Å². The minimum Gasteiger partial charge on any atom is -0.463 e. The molecule has 0 unspecified atom stereocenters. The summed E-state index contributed by atoms with van der Waals surface area (Å²) in [6, 6.07) is 17.7. The van der Waals surface area contributed by atoms with E-state index in [1.54, 1.807) is 6.92 Å². The molecule has 3 rings (SSSR count). The lowest BCUT2D eigenvalue weighted by Gasteiger charge is -2.32. The minimum atomic E-state index is -0.927. The van der Waals surface area contributed by atoms with Crippen molar-refractivity contribution < 1.29 is 14.5 Å². The highest BCUT2D eigenvalue weighted by molar-refractivity contribution is 5.90. The Balaban J connectivity index is 2.11. The van der Waals surface area contributed by atoms with E-state index in [2.05, 4.69) is 0 Å². The zero-order valence-corrected chi connectivity index (χ0v) is 14.6. The second-order valence-corrected chi connectivity index (χ2v) is 6.30. The first-order valence-corrected chi connectivity index (χ1v) is 8.74. The third-order valence-electron chi connectivity index (χ3n) is 4.82. The number of rotatable bonds is 5. The van der Waals surface area contributed by atoms with Gasteiger partial charge in [0.15, 0.2) is 0 Å². The maximum Gasteiger partial charge on any atom is 0.334 e. The molecule has 0 saturated heterocycles. The maximum absolute atomic E-state index is 12.5. The number of hydrogen-bond acceptors (Lipinski definition) is 4. The van der Waals surface area contributed by atoms with Crippen LogP contribution in [0.15, 0.2) is 72.3 Å². The largest absolute Gasteiger partial charge is 0.463 e. The van der Waals surface area contributed by atoms with Gasteiger partial charge in [-0.05, 0) is 24.5 Å². The topological polar surface area (TPSA) is 69.4 Å². The van der Waals surface area contributed by atoms with Crippen LogP contribution in [0, 0.1) is 10.1 Å². The fourth-order valence-corrected chi connectivity index (χ4v) is 3.70. The zero-order chi connectivity index (χ0) is 18.5. The molecular formula is C21H21NO4. The average Bonchev–Trinajstić information content (AvgIpc) is 2.68. The number of hydrogen-bond donors (Lipinski definition) is 0. The second kappa shape index (κ2) is 7.95. The van der Waals surface area contributed by atoms with Gasteiger partial charge in [0, 0.05) is 10.5 Å². The van der Waals surface area contributed by atoms with Gasteiger partial charge in [-0.1, -0.05) is 66.7 Å². The fraction of sp³-hybridized carbons (Fsp3) is 0.286. The van der Waals surface area contributed by atoms with Crippen LogP contribution < -0.4 is 0 Å². The maximum atomic E-state index is 12.5. The summed E-state index contributed by atoms with van der Waals surface area (Å²) in [6.45, 7) is 1.97. The van der Waals surface area contributed by atoms with Crippen LogP contribution in [0.3, 0.4) is 0 Å². The minimum absolute atomic E-state index is 0.239. The van der Waals surface area contributed by atoms with Crippen molar-refractivity contribution in [2.75, 3.05) is 6.61 Å². The van der Waals surface area contributed by atoms with Crippen LogP contribution in [0.25, 0.3) is 0 Å². The van der Waals surface area contributed by atoms with E-state index in [0.717, 1.165) is 11.1 Å². The van der Waals surface area contributed by atoms with Gasteiger partial charge in [0.05, 0.1) is 18.4 Å². The molecule has 0 saturated carbocycles. The van der Waals surface area contributed by atoms with Gasteiger partial charge >= 0.3 is 5.97 Å². The summed E-state index contributed by atoms with van der Waals surface area (Å²) in [7, 11) is 0. The summed E-state index contributed by atoms with van der Waals surface area (Å²) in [5, 5.41) is 12.1. The van der Waals surface area contributed by atoms with Crippen molar-refractivity contribution >= 4 is 5.97 Å². The van der Waals surface area contributed by atoms with Gasteiger partial charge in [0.25, 0.3) is 0 Å². The third-order valence-corrected chi connectivity index (χ3v) is 4.82. The van der Waals surface area contributed by atoms with Crippen molar-refractivity contribution in [3.05, 3.63) is 93.6 Å². The second-order valence-electron chi connectivity index (χ2n) is 6.30. The highest BCUT2D eigenvalue weighted by Crippen LogP contribution is 2.43. The summed E-state index contributed by atoms with van der Waals surface area (Å²) in [5.74, 6) is -1.40. The van der Waals surface area contributed by atoms with Gasteiger partial charge in [0.1, 0.15) is 0 Å². The van der Waals surface area contributed by atoms with Crippen LogP contribution in [0.2, 0.25) is 0 Å². The molecular weight excluding hydrogens is 330 g/mol. The van der Waals surface area contributed by atoms with Crippen molar-refractivity contribution in [1.29, 1.82) is 0 Å².